The summed E-state index contributed by atoms with van der Waals surface area (Å²) in [5, 5.41) is 5.70. The van der Waals surface area contributed by atoms with Gasteiger partial charge in [-0.05, 0) is 51.3 Å². The van der Waals surface area contributed by atoms with Crippen LogP contribution in [0, 0.1) is 17.8 Å². The summed E-state index contributed by atoms with van der Waals surface area (Å²) in [5.41, 5.74) is 12.8. The molecule has 1 heterocycles. The molecule has 0 aromatic heterocycles. The number of methoxy groups -OCH3 is 2. The van der Waals surface area contributed by atoms with Crippen molar-refractivity contribution in [3.8, 4) is 0 Å². The van der Waals surface area contributed by atoms with Crippen molar-refractivity contribution in [2.45, 2.75) is 122 Å². The van der Waals surface area contributed by atoms with E-state index in [1.807, 2.05) is 77.0 Å². The number of carbonyl (C=O) groups excluding carboxylic acids is 5. The number of primary amides is 1. The van der Waals surface area contributed by atoms with Gasteiger partial charge in [-0.25, -0.2) is 0 Å². The van der Waals surface area contributed by atoms with E-state index in [0.29, 0.717) is 25.8 Å². The normalized spacial score (nSPS) is 19.7. The molecule has 53 heavy (non-hydrogen) atoms. The second-order valence-corrected chi connectivity index (χ2v) is 15.2. The fraction of sp³-hybridized carbons (Fsp3) is 0.718. The highest BCUT2D eigenvalue weighted by molar-refractivity contribution is 5.91. The molecule has 14 heteroatoms. The van der Waals surface area contributed by atoms with Crippen LogP contribution in [-0.2, 0) is 39.9 Å². The third kappa shape index (κ3) is 12.2. The third-order valence-electron chi connectivity index (χ3n) is 10.7. The predicted octanol–water partition coefficient (Wildman–Crippen LogP) is 1.54. The molecule has 1 aliphatic heterocycles. The minimum atomic E-state index is -0.992. The molecule has 10 atom stereocenters. The molecule has 6 N–H and O–H groups in total. The second-order valence-electron chi connectivity index (χ2n) is 15.2. The lowest BCUT2D eigenvalue weighted by molar-refractivity contribution is -0.147. The van der Waals surface area contributed by atoms with E-state index in [-0.39, 0.29) is 42.4 Å². The smallest absolute Gasteiger partial charge is 0.246 e. The molecule has 0 bridgehead atoms. The Bertz CT molecular complexity index is 1340. The van der Waals surface area contributed by atoms with Crippen LogP contribution in [-0.4, -0.2) is 135 Å². The number of hydrogen-bond acceptors (Lipinski definition) is 9. The Hall–Kier alpha value is -3.59. The maximum absolute atomic E-state index is 14.1. The molecular formula is C39H67N7O7. The highest BCUT2D eigenvalue weighted by atomic mass is 16.5. The van der Waals surface area contributed by atoms with E-state index in [2.05, 4.69) is 10.6 Å². The Morgan fingerprint density at radius 3 is 2.06 bits per heavy atom. The molecule has 0 unspecified atom stereocenters. The Morgan fingerprint density at radius 2 is 1.57 bits per heavy atom. The maximum atomic E-state index is 14.1. The minimum Gasteiger partial charge on any atom is -0.379 e. The van der Waals surface area contributed by atoms with Gasteiger partial charge in [0.25, 0.3) is 0 Å². The van der Waals surface area contributed by atoms with Crippen LogP contribution in [0.4, 0.5) is 0 Å². The van der Waals surface area contributed by atoms with Gasteiger partial charge < -0.3 is 41.4 Å². The number of likely N-dealkylation sites (N-methyl/N-ethyl adjacent to an activating group) is 2. The minimum absolute atomic E-state index is 0.000467. The number of nitrogens with two attached hydrogens (primary N) is 2. The van der Waals surface area contributed by atoms with Crippen molar-refractivity contribution in [1.29, 1.82) is 0 Å². The van der Waals surface area contributed by atoms with Gasteiger partial charge in [0.2, 0.25) is 29.5 Å². The van der Waals surface area contributed by atoms with E-state index in [9.17, 15) is 24.0 Å². The van der Waals surface area contributed by atoms with Crippen molar-refractivity contribution in [3.63, 3.8) is 0 Å². The molecule has 0 radical (unpaired) electrons. The van der Waals surface area contributed by atoms with E-state index in [4.69, 9.17) is 20.9 Å². The molecule has 2 rings (SSSR count). The number of nitrogens with one attached hydrogen (secondary N) is 2. The van der Waals surface area contributed by atoms with Gasteiger partial charge in [0.15, 0.2) is 0 Å². The Morgan fingerprint density at radius 1 is 0.943 bits per heavy atom. The molecule has 5 amide bonds. The quantitative estimate of drug-likeness (QED) is 0.145. The van der Waals surface area contributed by atoms with E-state index >= 15 is 0 Å². The molecule has 1 aliphatic rings. The Balaban J connectivity index is 2.27. The van der Waals surface area contributed by atoms with Crippen LogP contribution in [0.3, 0.4) is 0 Å². The monoisotopic (exact) mass is 746 g/mol. The van der Waals surface area contributed by atoms with Crippen LogP contribution < -0.4 is 22.1 Å². The number of carbonyl (C=O) groups is 5. The van der Waals surface area contributed by atoms with Crippen molar-refractivity contribution >= 4 is 29.5 Å². The van der Waals surface area contributed by atoms with E-state index in [0.717, 1.165) is 5.56 Å². The molecule has 1 fully saturated rings. The van der Waals surface area contributed by atoms with Crippen molar-refractivity contribution in [3.05, 3.63) is 35.9 Å². The van der Waals surface area contributed by atoms with Gasteiger partial charge in [-0.1, -0.05) is 71.4 Å². The highest BCUT2D eigenvalue weighted by Gasteiger charge is 2.43. The van der Waals surface area contributed by atoms with Crippen molar-refractivity contribution in [1.82, 2.24) is 25.3 Å². The van der Waals surface area contributed by atoms with Crippen LogP contribution in [0.15, 0.2) is 30.3 Å². The lowest BCUT2D eigenvalue weighted by Gasteiger charge is -2.41. The zero-order valence-electron chi connectivity index (χ0n) is 33.8. The van der Waals surface area contributed by atoms with Crippen molar-refractivity contribution in [2.24, 2.45) is 29.2 Å². The fourth-order valence-corrected chi connectivity index (χ4v) is 7.69. The first-order valence-corrected chi connectivity index (χ1v) is 18.9. The largest absolute Gasteiger partial charge is 0.379 e. The number of ether oxygens (including phenoxy) is 2. The van der Waals surface area contributed by atoms with Crippen LogP contribution >= 0.6 is 0 Å². The standard InChI is InChI=1S/C39H67N7O7/c1-12-24(4)34(45(9)39(51)32(26(6)40)43-38(50)33(23(2)3)44(7)8)30(52-10)22-31(47)46-20-16-19-29(46)35(53-11)25(5)37(49)42-28(36(41)48)21-27-17-14-13-15-18-27/h13-15,17-18,23-26,28-30,32-35H,12,16,19-22,40H2,1-11H3,(H2,41,48)(H,42,49)(H,43,50)/t24-,25+,26-,28-,29-,30+,32-,33-,34-,35+/m0/s1. The predicted molar refractivity (Wildman–Crippen MR) is 205 cm³/mol. The average molecular weight is 746 g/mol. The van der Waals surface area contributed by atoms with Crippen LogP contribution in [0.5, 0.6) is 0 Å². The first kappa shape index (κ1) is 45.6. The van der Waals surface area contributed by atoms with E-state index in [1.165, 1.54) is 14.2 Å². The van der Waals surface area contributed by atoms with Gasteiger partial charge in [-0.15, -0.1) is 0 Å². The number of rotatable bonds is 21. The fourth-order valence-electron chi connectivity index (χ4n) is 7.69. The molecular weight excluding hydrogens is 678 g/mol. The van der Waals surface area contributed by atoms with Crippen LogP contribution in [0.25, 0.3) is 0 Å². The van der Waals surface area contributed by atoms with E-state index in [1.54, 1.807) is 30.7 Å². The number of likely N-dealkylation sites (tertiary alicyclic amines) is 1. The molecule has 0 aliphatic carbocycles. The van der Waals surface area contributed by atoms with Crippen molar-refractivity contribution in [2.75, 3.05) is 41.9 Å². The number of amides is 5. The van der Waals surface area contributed by atoms with Crippen LogP contribution in [0.2, 0.25) is 0 Å². The first-order chi connectivity index (χ1) is 24.9. The lowest BCUT2D eigenvalue weighted by atomic mass is 9.89. The summed E-state index contributed by atoms with van der Waals surface area (Å²) in [5.74, 6) is -2.67. The molecule has 0 saturated carbocycles. The van der Waals surface area contributed by atoms with Crippen LogP contribution in [0.1, 0.15) is 72.8 Å². The third-order valence-corrected chi connectivity index (χ3v) is 10.7. The summed E-state index contributed by atoms with van der Waals surface area (Å²) in [6.07, 6.45) is 0.918. The number of nitrogens with zero attached hydrogens (tertiary/aromatic N) is 3. The lowest BCUT2D eigenvalue weighted by Crippen LogP contribution is -2.62. The van der Waals surface area contributed by atoms with Gasteiger partial charge in [-0.2, -0.15) is 0 Å². The van der Waals surface area contributed by atoms with Gasteiger partial charge >= 0.3 is 0 Å². The molecule has 14 nitrogen and oxygen atoms in total. The number of benzene rings is 1. The van der Waals surface area contributed by atoms with Gasteiger partial charge in [0, 0.05) is 40.3 Å². The summed E-state index contributed by atoms with van der Waals surface area (Å²) < 4.78 is 11.9. The zero-order chi connectivity index (χ0) is 40.2. The topological polar surface area (TPSA) is 190 Å². The SMILES string of the molecule is CC[C@H](C)[C@@H]([C@@H](CC(=O)N1CCC[C@H]1[C@H](OC)[C@@H](C)C(=O)N[C@@H](Cc1ccccc1)C(N)=O)OC)N(C)C(=O)[C@@H](NC(=O)[C@H](C(C)C)N(C)C)[C@H](C)N. The Kier molecular flexibility index (Phi) is 18.3. The molecule has 1 aromatic carbocycles. The highest BCUT2D eigenvalue weighted by Crippen LogP contribution is 2.29. The summed E-state index contributed by atoms with van der Waals surface area (Å²) in [6.45, 7) is 11.8. The summed E-state index contributed by atoms with van der Waals surface area (Å²) in [6, 6.07) is 5.33. The zero-order valence-corrected chi connectivity index (χ0v) is 33.8. The average Bonchev–Trinajstić information content (AvgIpc) is 3.59. The van der Waals surface area contributed by atoms with Gasteiger partial charge in [0.1, 0.15) is 12.1 Å². The van der Waals surface area contributed by atoms with Gasteiger partial charge in [0.05, 0.1) is 42.7 Å². The second kappa shape index (κ2) is 21.3. The molecule has 0 spiro atoms. The summed E-state index contributed by atoms with van der Waals surface area (Å²) in [4.78, 5) is 72.6. The summed E-state index contributed by atoms with van der Waals surface area (Å²) in [7, 11) is 8.34. The van der Waals surface area contributed by atoms with Crippen molar-refractivity contribution < 1.29 is 33.4 Å². The number of hydrogen-bond donors (Lipinski definition) is 4. The van der Waals surface area contributed by atoms with Gasteiger partial charge in [-0.3, -0.25) is 28.9 Å². The summed E-state index contributed by atoms with van der Waals surface area (Å²) >= 11 is 0. The Labute approximate surface area is 317 Å². The maximum Gasteiger partial charge on any atom is 0.246 e. The molecule has 300 valence electrons. The first-order valence-electron chi connectivity index (χ1n) is 18.9. The molecule has 1 saturated heterocycles. The molecule has 1 aromatic rings. The van der Waals surface area contributed by atoms with E-state index < -0.39 is 66.2 Å².